The Balaban J connectivity index is 1.78. The zero-order valence-electron chi connectivity index (χ0n) is 14.3. The predicted octanol–water partition coefficient (Wildman–Crippen LogP) is 4.13. The molecule has 1 heterocycles. The van der Waals surface area contributed by atoms with Gasteiger partial charge in [-0.1, -0.05) is 46.3 Å². The number of carbonyl (C=O) groups excluding carboxylic acids is 2. The first-order valence-electron chi connectivity index (χ1n) is 8.26. The van der Waals surface area contributed by atoms with Crippen molar-refractivity contribution in [1.29, 1.82) is 0 Å². The molecule has 0 bridgehead atoms. The molecule has 0 aliphatic heterocycles. The van der Waals surface area contributed by atoms with Crippen LogP contribution >= 0.6 is 15.9 Å². The number of hydrogen-bond acceptors (Lipinski definition) is 3. The quantitative estimate of drug-likeness (QED) is 0.584. The normalized spacial score (nSPS) is 11.1. The van der Waals surface area contributed by atoms with Crippen LogP contribution in [-0.2, 0) is 11.3 Å². The minimum Gasteiger partial charge on any atom is -0.467 e. The van der Waals surface area contributed by atoms with Gasteiger partial charge in [0.05, 0.1) is 12.8 Å². The molecule has 2 amide bonds. The van der Waals surface area contributed by atoms with Gasteiger partial charge in [-0.25, -0.2) is 0 Å². The summed E-state index contributed by atoms with van der Waals surface area (Å²) in [5.41, 5.74) is 1.41. The van der Waals surface area contributed by atoms with Crippen molar-refractivity contribution in [3.8, 4) is 0 Å². The van der Waals surface area contributed by atoms with Gasteiger partial charge in [0.1, 0.15) is 11.5 Å². The fraction of sp³-hybridized carbons (Fsp3) is 0.0476. The van der Waals surface area contributed by atoms with Crippen molar-refractivity contribution in [1.82, 2.24) is 10.6 Å². The summed E-state index contributed by atoms with van der Waals surface area (Å²) in [5.74, 6) is -0.139. The van der Waals surface area contributed by atoms with E-state index in [-0.39, 0.29) is 18.1 Å². The van der Waals surface area contributed by atoms with E-state index in [1.165, 1.54) is 6.26 Å². The molecule has 0 fully saturated rings. The minimum absolute atomic E-state index is 0.153. The highest BCUT2D eigenvalue weighted by Crippen LogP contribution is 2.12. The van der Waals surface area contributed by atoms with Crippen molar-refractivity contribution in [2.75, 3.05) is 0 Å². The third-order valence-electron chi connectivity index (χ3n) is 3.71. The SMILES string of the molecule is O=C(NCc1ccco1)/C(=C/c1ccccc1)NC(=O)c1ccc(Br)cc1. The van der Waals surface area contributed by atoms with Gasteiger partial charge in [0.15, 0.2) is 0 Å². The molecular formula is C21H17BrN2O3. The number of nitrogens with one attached hydrogen (secondary N) is 2. The van der Waals surface area contributed by atoms with Crippen molar-refractivity contribution in [3.05, 3.63) is 100 Å². The summed E-state index contributed by atoms with van der Waals surface area (Å²) in [5, 5.41) is 5.44. The lowest BCUT2D eigenvalue weighted by molar-refractivity contribution is -0.118. The molecule has 0 atom stereocenters. The molecule has 27 heavy (non-hydrogen) atoms. The summed E-state index contributed by atoms with van der Waals surface area (Å²) >= 11 is 3.34. The van der Waals surface area contributed by atoms with Crippen LogP contribution in [0, 0.1) is 0 Å². The smallest absolute Gasteiger partial charge is 0.268 e. The van der Waals surface area contributed by atoms with E-state index < -0.39 is 5.91 Å². The zero-order valence-corrected chi connectivity index (χ0v) is 15.9. The number of carbonyl (C=O) groups is 2. The van der Waals surface area contributed by atoms with E-state index in [1.54, 1.807) is 42.5 Å². The van der Waals surface area contributed by atoms with Gasteiger partial charge in [-0.2, -0.15) is 0 Å². The molecular weight excluding hydrogens is 408 g/mol. The summed E-state index contributed by atoms with van der Waals surface area (Å²) < 4.78 is 6.09. The van der Waals surface area contributed by atoms with Crippen LogP contribution < -0.4 is 10.6 Å². The molecule has 3 rings (SSSR count). The monoisotopic (exact) mass is 424 g/mol. The van der Waals surface area contributed by atoms with Crippen molar-refractivity contribution >= 4 is 33.8 Å². The van der Waals surface area contributed by atoms with Crippen LogP contribution in [0.15, 0.2) is 87.6 Å². The third kappa shape index (κ3) is 5.43. The van der Waals surface area contributed by atoms with Gasteiger partial charge in [-0.15, -0.1) is 0 Å². The average Bonchev–Trinajstić information content (AvgIpc) is 3.20. The minimum atomic E-state index is -0.402. The summed E-state index contributed by atoms with van der Waals surface area (Å²) in [7, 11) is 0. The molecule has 5 nitrogen and oxygen atoms in total. The standard InChI is InChI=1S/C21H17BrN2O3/c22-17-10-8-16(9-11-17)20(25)24-19(13-15-5-2-1-3-6-15)21(26)23-14-18-7-4-12-27-18/h1-13H,14H2,(H,23,26)(H,24,25)/b19-13-. The molecule has 3 aromatic rings. The molecule has 0 radical (unpaired) electrons. The second kappa shape index (κ2) is 9.00. The topological polar surface area (TPSA) is 71.3 Å². The Morgan fingerprint density at radius 3 is 2.37 bits per heavy atom. The van der Waals surface area contributed by atoms with Gasteiger partial charge in [0.25, 0.3) is 11.8 Å². The van der Waals surface area contributed by atoms with Crippen molar-refractivity contribution in [2.24, 2.45) is 0 Å². The maximum Gasteiger partial charge on any atom is 0.268 e. The van der Waals surface area contributed by atoms with Crippen LogP contribution in [0.4, 0.5) is 0 Å². The molecule has 0 aliphatic rings. The largest absolute Gasteiger partial charge is 0.467 e. The molecule has 0 saturated heterocycles. The molecule has 0 saturated carbocycles. The number of hydrogen-bond donors (Lipinski definition) is 2. The van der Waals surface area contributed by atoms with Crippen LogP contribution in [0.5, 0.6) is 0 Å². The predicted molar refractivity (Wildman–Crippen MR) is 107 cm³/mol. The summed E-state index contributed by atoms with van der Waals surface area (Å²) in [4.78, 5) is 25.1. The van der Waals surface area contributed by atoms with Crippen molar-refractivity contribution in [2.45, 2.75) is 6.54 Å². The van der Waals surface area contributed by atoms with Crippen LogP contribution in [0.25, 0.3) is 6.08 Å². The summed E-state index contributed by atoms with van der Waals surface area (Å²) in [6, 6.07) is 19.7. The Morgan fingerprint density at radius 2 is 1.70 bits per heavy atom. The van der Waals surface area contributed by atoms with E-state index in [4.69, 9.17) is 4.42 Å². The van der Waals surface area contributed by atoms with Gasteiger partial charge in [-0.3, -0.25) is 9.59 Å². The Hall–Kier alpha value is -3.12. The lowest BCUT2D eigenvalue weighted by Crippen LogP contribution is -2.34. The highest BCUT2D eigenvalue weighted by molar-refractivity contribution is 9.10. The van der Waals surface area contributed by atoms with E-state index in [2.05, 4.69) is 26.6 Å². The van der Waals surface area contributed by atoms with Crippen LogP contribution in [0.2, 0.25) is 0 Å². The fourth-order valence-electron chi connectivity index (χ4n) is 2.35. The molecule has 2 N–H and O–H groups in total. The average molecular weight is 425 g/mol. The fourth-order valence-corrected chi connectivity index (χ4v) is 2.61. The maximum absolute atomic E-state index is 12.6. The number of halogens is 1. The van der Waals surface area contributed by atoms with Crippen molar-refractivity contribution in [3.63, 3.8) is 0 Å². The first-order valence-corrected chi connectivity index (χ1v) is 9.05. The second-order valence-corrected chi connectivity index (χ2v) is 6.61. The van der Waals surface area contributed by atoms with E-state index in [9.17, 15) is 9.59 Å². The molecule has 0 aliphatic carbocycles. The van der Waals surface area contributed by atoms with E-state index in [0.29, 0.717) is 11.3 Å². The molecule has 1 aromatic heterocycles. The third-order valence-corrected chi connectivity index (χ3v) is 4.24. The molecule has 2 aromatic carbocycles. The number of rotatable bonds is 6. The molecule has 0 spiro atoms. The maximum atomic E-state index is 12.6. The van der Waals surface area contributed by atoms with Gasteiger partial charge in [0, 0.05) is 10.0 Å². The highest BCUT2D eigenvalue weighted by Gasteiger charge is 2.15. The molecule has 6 heteroatoms. The van der Waals surface area contributed by atoms with E-state index >= 15 is 0 Å². The van der Waals surface area contributed by atoms with Gasteiger partial charge >= 0.3 is 0 Å². The van der Waals surface area contributed by atoms with Crippen LogP contribution in [0.3, 0.4) is 0 Å². The number of furan rings is 1. The summed E-state index contributed by atoms with van der Waals surface area (Å²) in [6.07, 6.45) is 3.17. The van der Waals surface area contributed by atoms with E-state index in [1.807, 2.05) is 30.3 Å². The number of amides is 2. The van der Waals surface area contributed by atoms with Crippen LogP contribution in [-0.4, -0.2) is 11.8 Å². The van der Waals surface area contributed by atoms with Crippen molar-refractivity contribution < 1.29 is 14.0 Å². The van der Waals surface area contributed by atoms with Gasteiger partial charge in [-0.05, 0) is 48.0 Å². The lowest BCUT2D eigenvalue weighted by atomic mass is 10.1. The zero-order chi connectivity index (χ0) is 19.1. The van der Waals surface area contributed by atoms with Gasteiger partial charge in [0.2, 0.25) is 0 Å². The highest BCUT2D eigenvalue weighted by atomic mass is 79.9. The molecule has 136 valence electrons. The Labute approximate surface area is 165 Å². The van der Waals surface area contributed by atoms with Crippen LogP contribution in [0.1, 0.15) is 21.7 Å². The lowest BCUT2D eigenvalue weighted by Gasteiger charge is -2.11. The van der Waals surface area contributed by atoms with E-state index in [0.717, 1.165) is 10.0 Å². The second-order valence-electron chi connectivity index (χ2n) is 5.69. The first-order chi connectivity index (χ1) is 13.1. The number of benzene rings is 2. The Bertz CT molecular complexity index is 933. The van der Waals surface area contributed by atoms with Gasteiger partial charge < -0.3 is 15.1 Å². The first kappa shape index (κ1) is 18.7. The Morgan fingerprint density at radius 1 is 0.963 bits per heavy atom. The molecule has 0 unspecified atom stereocenters. The summed E-state index contributed by atoms with van der Waals surface area (Å²) in [6.45, 7) is 0.228. The Kier molecular flexibility index (Phi) is 6.22.